The SMILES string of the molecule is NC(=O)C1CCCN1c1nc(N)c(Cl)cc1Cl. The minimum atomic E-state index is -0.381. The standard InChI is InChI=1S/C10H12Cl2N4O/c11-5-4-6(12)10(15-8(5)13)16-3-1-2-7(16)9(14)17/h4,7H,1-3H2,(H2,13,15)(H2,14,17). The first-order valence-corrected chi connectivity index (χ1v) is 5.93. The molecule has 0 aliphatic carbocycles. The van der Waals surface area contributed by atoms with Gasteiger partial charge < -0.3 is 16.4 Å². The summed E-state index contributed by atoms with van der Waals surface area (Å²) in [6.07, 6.45) is 1.57. The smallest absolute Gasteiger partial charge is 0.240 e. The Kier molecular flexibility index (Phi) is 3.31. The van der Waals surface area contributed by atoms with Gasteiger partial charge in [0.15, 0.2) is 5.82 Å². The molecular weight excluding hydrogens is 263 g/mol. The van der Waals surface area contributed by atoms with Gasteiger partial charge in [0.2, 0.25) is 5.91 Å². The lowest BCUT2D eigenvalue weighted by Gasteiger charge is -2.24. The van der Waals surface area contributed by atoms with E-state index in [0.29, 0.717) is 28.8 Å². The topological polar surface area (TPSA) is 85.2 Å². The minimum Gasteiger partial charge on any atom is -0.382 e. The monoisotopic (exact) mass is 274 g/mol. The van der Waals surface area contributed by atoms with Crippen LogP contribution in [0.5, 0.6) is 0 Å². The number of halogens is 2. The second-order valence-electron chi connectivity index (χ2n) is 3.91. The molecule has 1 atom stereocenters. The fraction of sp³-hybridized carbons (Fsp3) is 0.400. The predicted octanol–water partition coefficient (Wildman–Crippen LogP) is 1.42. The number of anilines is 2. The summed E-state index contributed by atoms with van der Waals surface area (Å²) in [7, 11) is 0. The lowest BCUT2D eigenvalue weighted by atomic mass is 10.2. The number of carbonyl (C=O) groups excluding carboxylic acids is 1. The molecule has 1 aromatic heterocycles. The number of rotatable bonds is 2. The normalized spacial score (nSPS) is 19.6. The van der Waals surface area contributed by atoms with Crippen molar-refractivity contribution in [1.29, 1.82) is 0 Å². The summed E-state index contributed by atoms with van der Waals surface area (Å²) in [5.41, 5.74) is 11.0. The fourth-order valence-corrected chi connectivity index (χ4v) is 2.46. The van der Waals surface area contributed by atoms with Crippen molar-refractivity contribution in [2.24, 2.45) is 5.73 Å². The maximum absolute atomic E-state index is 11.3. The molecule has 1 fully saturated rings. The van der Waals surface area contributed by atoms with Gasteiger partial charge in [-0.05, 0) is 18.9 Å². The van der Waals surface area contributed by atoms with Crippen molar-refractivity contribution in [3.8, 4) is 0 Å². The highest BCUT2D eigenvalue weighted by atomic mass is 35.5. The van der Waals surface area contributed by atoms with Gasteiger partial charge in [0.05, 0.1) is 10.0 Å². The second kappa shape index (κ2) is 4.58. The van der Waals surface area contributed by atoms with E-state index in [1.54, 1.807) is 4.90 Å². The molecule has 92 valence electrons. The molecule has 1 amide bonds. The first kappa shape index (κ1) is 12.3. The van der Waals surface area contributed by atoms with E-state index in [9.17, 15) is 4.79 Å². The Labute approximate surface area is 109 Å². The molecule has 5 nitrogen and oxygen atoms in total. The van der Waals surface area contributed by atoms with Gasteiger partial charge in [-0.3, -0.25) is 4.79 Å². The van der Waals surface area contributed by atoms with Crippen LogP contribution < -0.4 is 16.4 Å². The fourth-order valence-electron chi connectivity index (χ4n) is 1.99. The van der Waals surface area contributed by atoms with Gasteiger partial charge in [0.25, 0.3) is 0 Å². The van der Waals surface area contributed by atoms with Gasteiger partial charge in [0.1, 0.15) is 11.9 Å². The number of nitrogens with zero attached hydrogens (tertiary/aromatic N) is 2. The number of hydrogen-bond donors (Lipinski definition) is 2. The van der Waals surface area contributed by atoms with Crippen molar-refractivity contribution in [3.05, 3.63) is 16.1 Å². The average molecular weight is 275 g/mol. The minimum absolute atomic E-state index is 0.196. The highest BCUT2D eigenvalue weighted by molar-refractivity contribution is 6.37. The maximum atomic E-state index is 11.3. The summed E-state index contributed by atoms with van der Waals surface area (Å²) in [4.78, 5) is 17.2. The molecule has 0 radical (unpaired) electrons. The number of primary amides is 1. The van der Waals surface area contributed by atoms with Crippen molar-refractivity contribution >= 4 is 40.7 Å². The number of nitrogen functional groups attached to an aromatic ring is 1. The Bertz CT molecular complexity index is 466. The molecule has 1 aliphatic heterocycles. The zero-order chi connectivity index (χ0) is 12.6. The molecule has 2 rings (SSSR count). The van der Waals surface area contributed by atoms with E-state index in [-0.39, 0.29) is 17.8 Å². The quantitative estimate of drug-likeness (QED) is 0.854. The van der Waals surface area contributed by atoms with E-state index in [1.165, 1.54) is 6.07 Å². The first-order chi connectivity index (χ1) is 8.00. The van der Waals surface area contributed by atoms with Crippen molar-refractivity contribution in [2.45, 2.75) is 18.9 Å². The van der Waals surface area contributed by atoms with E-state index in [0.717, 1.165) is 6.42 Å². The lowest BCUT2D eigenvalue weighted by Crippen LogP contribution is -2.40. The van der Waals surface area contributed by atoms with Crippen molar-refractivity contribution < 1.29 is 4.79 Å². The van der Waals surface area contributed by atoms with Gasteiger partial charge in [-0.25, -0.2) is 4.98 Å². The number of hydrogen-bond acceptors (Lipinski definition) is 4. The van der Waals surface area contributed by atoms with E-state index >= 15 is 0 Å². The summed E-state index contributed by atoms with van der Waals surface area (Å²) in [6, 6.07) is 1.15. The third-order valence-electron chi connectivity index (χ3n) is 2.79. The molecular formula is C10H12Cl2N4O. The molecule has 2 heterocycles. The van der Waals surface area contributed by atoms with Crippen LogP contribution in [0.1, 0.15) is 12.8 Å². The van der Waals surface area contributed by atoms with Gasteiger partial charge in [-0.1, -0.05) is 23.2 Å². The number of aromatic nitrogens is 1. The number of carbonyl (C=O) groups is 1. The molecule has 4 N–H and O–H groups in total. The maximum Gasteiger partial charge on any atom is 0.240 e. The molecule has 1 aromatic rings. The molecule has 1 unspecified atom stereocenters. The zero-order valence-corrected chi connectivity index (χ0v) is 10.5. The molecule has 17 heavy (non-hydrogen) atoms. The predicted molar refractivity (Wildman–Crippen MR) is 68.2 cm³/mol. The Hall–Kier alpha value is -1.20. The molecule has 0 spiro atoms. The van der Waals surface area contributed by atoms with Crippen LogP contribution in [0.25, 0.3) is 0 Å². The van der Waals surface area contributed by atoms with Gasteiger partial charge in [-0.15, -0.1) is 0 Å². The van der Waals surface area contributed by atoms with Crippen LogP contribution in [0.15, 0.2) is 6.07 Å². The van der Waals surface area contributed by atoms with E-state index in [1.807, 2.05) is 0 Å². The summed E-state index contributed by atoms with van der Waals surface area (Å²) in [6.45, 7) is 0.682. The second-order valence-corrected chi connectivity index (χ2v) is 4.73. The van der Waals surface area contributed by atoms with Crippen LogP contribution in [-0.2, 0) is 4.79 Å². The number of amides is 1. The van der Waals surface area contributed by atoms with Gasteiger partial charge in [0, 0.05) is 6.54 Å². The van der Waals surface area contributed by atoms with Crippen LogP contribution in [0, 0.1) is 0 Å². The van der Waals surface area contributed by atoms with Crippen LogP contribution in [0.2, 0.25) is 10.0 Å². The van der Waals surface area contributed by atoms with Crippen molar-refractivity contribution in [1.82, 2.24) is 4.98 Å². The molecule has 0 aromatic carbocycles. The van der Waals surface area contributed by atoms with E-state index in [4.69, 9.17) is 34.7 Å². The van der Waals surface area contributed by atoms with E-state index < -0.39 is 0 Å². The summed E-state index contributed by atoms with van der Waals surface area (Å²) in [5, 5.41) is 0.672. The molecule has 1 saturated heterocycles. The van der Waals surface area contributed by atoms with Crippen LogP contribution in [0.4, 0.5) is 11.6 Å². The molecule has 0 saturated carbocycles. The van der Waals surface area contributed by atoms with Gasteiger partial charge >= 0.3 is 0 Å². The zero-order valence-electron chi connectivity index (χ0n) is 8.99. The van der Waals surface area contributed by atoms with Crippen molar-refractivity contribution in [2.75, 3.05) is 17.2 Å². The summed E-state index contributed by atoms with van der Waals surface area (Å²) >= 11 is 11.9. The Morgan fingerprint density at radius 1 is 1.47 bits per heavy atom. The Balaban J connectivity index is 2.40. The lowest BCUT2D eigenvalue weighted by molar-refractivity contribution is -0.119. The van der Waals surface area contributed by atoms with Crippen LogP contribution in [0.3, 0.4) is 0 Å². The van der Waals surface area contributed by atoms with Crippen LogP contribution in [-0.4, -0.2) is 23.5 Å². The highest BCUT2D eigenvalue weighted by Gasteiger charge is 2.31. The molecule has 7 heteroatoms. The molecule has 1 aliphatic rings. The Morgan fingerprint density at radius 2 is 2.18 bits per heavy atom. The Morgan fingerprint density at radius 3 is 2.82 bits per heavy atom. The largest absolute Gasteiger partial charge is 0.382 e. The third-order valence-corrected chi connectivity index (χ3v) is 3.37. The number of pyridine rings is 1. The van der Waals surface area contributed by atoms with E-state index in [2.05, 4.69) is 4.98 Å². The van der Waals surface area contributed by atoms with Gasteiger partial charge in [-0.2, -0.15) is 0 Å². The first-order valence-electron chi connectivity index (χ1n) is 5.18. The summed E-state index contributed by atoms with van der Waals surface area (Å²) in [5.74, 6) is 0.282. The number of nitrogens with two attached hydrogens (primary N) is 2. The average Bonchev–Trinajstić information content (AvgIpc) is 2.72. The molecule has 0 bridgehead atoms. The van der Waals surface area contributed by atoms with Crippen LogP contribution >= 0.6 is 23.2 Å². The van der Waals surface area contributed by atoms with Crippen molar-refractivity contribution in [3.63, 3.8) is 0 Å². The summed E-state index contributed by atoms with van der Waals surface area (Å²) < 4.78 is 0. The highest BCUT2D eigenvalue weighted by Crippen LogP contribution is 2.33. The third kappa shape index (κ3) is 2.25.